The average Bonchev–Trinajstić information content (AvgIpc) is 3.26. The summed E-state index contributed by atoms with van der Waals surface area (Å²) in [5.74, 6) is 1.30. The molecule has 1 atom stereocenters. The van der Waals surface area contributed by atoms with Crippen LogP contribution in [-0.4, -0.2) is 63.9 Å². The summed E-state index contributed by atoms with van der Waals surface area (Å²) >= 11 is 0. The number of nitrogens with zero attached hydrogens (tertiary/aromatic N) is 6. The van der Waals surface area contributed by atoms with Crippen LogP contribution in [0.15, 0.2) is 29.2 Å². The van der Waals surface area contributed by atoms with Crippen LogP contribution in [-0.2, 0) is 21.8 Å². The monoisotopic (exact) mass is 430 g/mol. The van der Waals surface area contributed by atoms with Crippen molar-refractivity contribution < 1.29 is 13.5 Å². The lowest BCUT2D eigenvalue weighted by Gasteiger charge is -2.22. The molecule has 0 radical (unpaired) electrons. The summed E-state index contributed by atoms with van der Waals surface area (Å²) in [5, 5.41) is 18.6. The molecule has 1 fully saturated rings. The van der Waals surface area contributed by atoms with Crippen LogP contribution in [0, 0.1) is 0 Å². The molecule has 1 aromatic carbocycles. The number of sulfone groups is 1. The Morgan fingerprint density at radius 2 is 1.93 bits per heavy atom. The number of anilines is 1. The molecule has 0 spiro atoms. The third-order valence-corrected chi connectivity index (χ3v) is 6.37. The van der Waals surface area contributed by atoms with Gasteiger partial charge in [-0.1, -0.05) is 44.2 Å². The molecule has 1 unspecified atom stereocenters. The summed E-state index contributed by atoms with van der Waals surface area (Å²) in [6, 6.07) is 6.87. The van der Waals surface area contributed by atoms with Crippen molar-refractivity contribution in [3.05, 3.63) is 35.7 Å². The van der Waals surface area contributed by atoms with Crippen molar-refractivity contribution in [2.45, 2.75) is 50.2 Å². The third kappa shape index (κ3) is 3.89. The third-order valence-electron chi connectivity index (χ3n) is 5.17. The molecule has 9 nitrogen and oxygen atoms in total. The number of benzene rings is 1. The van der Waals surface area contributed by atoms with Crippen molar-refractivity contribution >= 4 is 26.8 Å². The van der Waals surface area contributed by atoms with E-state index >= 15 is 0 Å². The molecule has 1 N–H and O–H groups in total. The smallest absolute Gasteiger partial charge is 0.184 e. The Hall–Kier alpha value is -2.59. The Bertz CT molecular complexity index is 1200. The number of aliphatic hydroxyl groups excluding tert-OH is 1. The summed E-state index contributed by atoms with van der Waals surface area (Å²) < 4.78 is 26.0. The second-order valence-corrected chi connectivity index (χ2v) is 10.8. The molecule has 1 aliphatic rings. The standard InChI is InChI=1S/C20H26N6O3S/c1-20(2,3)19-21-17(25-10-9-14(27)12-25)16-18(22-19)26(24-23-16)11-13-7-5-6-8-15(13)30(4,28)29/h5-8,14,27H,9-12H2,1-4H3. The van der Waals surface area contributed by atoms with Gasteiger partial charge in [-0.05, 0) is 18.1 Å². The Labute approximate surface area is 175 Å². The number of β-amino-alcohol motifs (C(OH)–C–C–N with tert-alkyl or cyclic N) is 1. The zero-order valence-electron chi connectivity index (χ0n) is 17.6. The predicted octanol–water partition coefficient (Wildman–Crippen LogP) is 1.54. The molecule has 4 rings (SSSR count). The topological polar surface area (TPSA) is 114 Å². The van der Waals surface area contributed by atoms with E-state index in [1.54, 1.807) is 28.9 Å². The van der Waals surface area contributed by atoms with E-state index in [0.717, 1.165) is 0 Å². The fourth-order valence-corrected chi connectivity index (χ4v) is 4.53. The average molecular weight is 431 g/mol. The minimum atomic E-state index is -3.38. The van der Waals surface area contributed by atoms with Gasteiger partial charge in [-0.15, -0.1) is 5.10 Å². The van der Waals surface area contributed by atoms with E-state index in [4.69, 9.17) is 9.97 Å². The molecule has 0 amide bonds. The lowest BCUT2D eigenvalue weighted by Crippen LogP contribution is -2.25. The number of hydrogen-bond donors (Lipinski definition) is 1. The summed E-state index contributed by atoms with van der Waals surface area (Å²) in [6.07, 6.45) is 1.47. The van der Waals surface area contributed by atoms with Crippen molar-refractivity contribution in [3.63, 3.8) is 0 Å². The number of aromatic nitrogens is 5. The zero-order chi connectivity index (χ0) is 21.7. The van der Waals surface area contributed by atoms with Crippen molar-refractivity contribution in [1.82, 2.24) is 25.0 Å². The van der Waals surface area contributed by atoms with E-state index in [1.165, 1.54) is 6.26 Å². The van der Waals surface area contributed by atoms with Crippen LogP contribution < -0.4 is 4.90 Å². The van der Waals surface area contributed by atoms with E-state index in [9.17, 15) is 13.5 Å². The van der Waals surface area contributed by atoms with Crippen molar-refractivity contribution in [2.24, 2.45) is 0 Å². The van der Waals surface area contributed by atoms with Gasteiger partial charge >= 0.3 is 0 Å². The molecule has 3 aromatic rings. The molecular weight excluding hydrogens is 404 g/mol. The largest absolute Gasteiger partial charge is 0.391 e. The molecule has 0 bridgehead atoms. The van der Waals surface area contributed by atoms with Gasteiger partial charge < -0.3 is 10.0 Å². The number of fused-ring (bicyclic) bond motifs is 1. The van der Waals surface area contributed by atoms with Crippen LogP contribution in [0.25, 0.3) is 11.2 Å². The Kier molecular flexibility index (Phi) is 5.01. The first-order chi connectivity index (χ1) is 14.0. The van der Waals surface area contributed by atoms with Crippen molar-refractivity contribution in [2.75, 3.05) is 24.2 Å². The molecule has 30 heavy (non-hydrogen) atoms. The Balaban J connectivity index is 1.85. The van der Waals surface area contributed by atoms with Gasteiger partial charge in [0, 0.05) is 24.8 Å². The Morgan fingerprint density at radius 3 is 2.57 bits per heavy atom. The van der Waals surface area contributed by atoms with Crippen molar-refractivity contribution in [3.8, 4) is 0 Å². The number of rotatable bonds is 4. The highest BCUT2D eigenvalue weighted by Gasteiger charge is 2.29. The highest BCUT2D eigenvalue weighted by molar-refractivity contribution is 7.90. The molecule has 1 saturated heterocycles. The zero-order valence-corrected chi connectivity index (χ0v) is 18.4. The SMILES string of the molecule is CC(C)(C)c1nc(N2CCC(O)C2)c2nnn(Cc3ccccc3S(C)(=O)=O)c2n1. The maximum absolute atomic E-state index is 12.2. The van der Waals surface area contributed by atoms with E-state index in [1.807, 2.05) is 25.7 Å². The van der Waals surface area contributed by atoms with E-state index in [-0.39, 0.29) is 16.9 Å². The van der Waals surface area contributed by atoms with Crippen LogP contribution in [0.1, 0.15) is 38.6 Å². The van der Waals surface area contributed by atoms with Crippen LogP contribution in [0.4, 0.5) is 5.82 Å². The molecule has 0 aliphatic carbocycles. The van der Waals surface area contributed by atoms with Crippen LogP contribution in [0.5, 0.6) is 0 Å². The number of hydrogen-bond acceptors (Lipinski definition) is 8. The highest BCUT2D eigenvalue weighted by atomic mass is 32.2. The van der Waals surface area contributed by atoms with Gasteiger partial charge in [0.05, 0.1) is 17.5 Å². The Morgan fingerprint density at radius 1 is 1.20 bits per heavy atom. The van der Waals surface area contributed by atoms with Crippen molar-refractivity contribution in [1.29, 1.82) is 0 Å². The maximum atomic E-state index is 12.2. The van der Waals surface area contributed by atoms with Gasteiger partial charge in [0.25, 0.3) is 0 Å². The number of aliphatic hydroxyl groups is 1. The van der Waals surface area contributed by atoms with Gasteiger partial charge in [0.2, 0.25) is 0 Å². The molecule has 10 heteroatoms. The van der Waals surface area contributed by atoms with E-state index < -0.39 is 15.9 Å². The van der Waals surface area contributed by atoms with Gasteiger partial charge in [0.15, 0.2) is 26.8 Å². The van der Waals surface area contributed by atoms with Gasteiger partial charge in [0.1, 0.15) is 5.82 Å². The molecule has 1 aliphatic heterocycles. The van der Waals surface area contributed by atoms with Crippen LogP contribution in [0.3, 0.4) is 0 Å². The minimum absolute atomic E-state index is 0.225. The summed E-state index contributed by atoms with van der Waals surface area (Å²) in [6.45, 7) is 7.49. The molecule has 2 aromatic heterocycles. The van der Waals surface area contributed by atoms with E-state index in [0.29, 0.717) is 47.9 Å². The minimum Gasteiger partial charge on any atom is -0.391 e. The normalized spacial score (nSPS) is 17.8. The molecular formula is C20H26N6O3S. The first-order valence-corrected chi connectivity index (χ1v) is 11.8. The first kappa shape index (κ1) is 20.7. The summed E-state index contributed by atoms with van der Waals surface area (Å²) in [5.41, 5.74) is 1.42. The van der Waals surface area contributed by atoms with Gasteiger partial charge in [-0.25, -0.2) is 23.1 Å². The van der Waals surface area contributed by atoms with Gasteiger partial charge in [-0.2, -0.15) is 0 Å². The fourth-order valence-electron chi connectivity index (χ4n) is 3.60. The maximum Gasteiger partial charge on any atom is 0.184 e. The molecule has 3 heterocycles. The van der Waals surface area contributed by atoms with Crippen LogP contribution in [0.2, 0.25) is 0 Å². The quantitative estimate of drug-likeness (QED) is 0.663. The second-order valence-electron chi connectivity index (χ2n) is 8.81. The first-order valence-electron chi connectivity index (χ1n) is 9.87. The molecule has 160 valence electrons. The summed E-state index contributed by atoms with van der Waals surface area (Å²) in [4.78, 5) is 11.8. The highest BCUT2D eigenvalue weighted by Crippen LogP contribution is 2.29. The van der Waals surface area contributed by atoms with Gasteiger partial charge in [-0.3, -0.25) is 0 Å². The lowest BCUT2D eigenvalue weighted by atomic mass is 9.96. The fraction of sp³-hybridized carbons (Fsp3) is 0.500. The lowest BCUT2D eigenvalue weighted by molar-refractivity contribution is 0.198. The van der Waals surface area contributed by atoms with E-state index in [2.05, 4.69) is 10.3 Å². The second kappa shape index (κ2) is 7.28. The molecule has 0 saturated carbocycles. The van der Waals surface area contributed by atoms with Crippen LogP contribution >= 0.6 is 0 Å². The summed E-state index contributed by atoms with van der Waals surface area (Å²) in [7, 11) is -3.38. The predicted molar refractivity (Wildman–Crippen MR) is 113 cm³/mol.